The largest absolute Gasteiger partial charge is 0.352 e. The summed E-state index contributed by atoms with van der Waals surface area (Å²) in [5, 5.41) is 5.95. The van der Waals surface area contributed by atoms with Gasteiger partial charge in [-0.1, -0.05) is 24.4 Å². The molecule has 130 valence electrons. The van der Waals surface area contributed by atoms with Gasteiger partial charge in [0.05, 0.1) is 11.3 Å². The fourth-order valence-electron chi connectivity index (χ4n) is 2.07. The van der Waals surface area contributed by atoms with Crippen LogP contribution in [0.2, 0.25) is 5.02 Å². The number of nitrogens with two attached hydrogens (primary N) is 1. The predicted molar refractivity (Wildman–Crippen MR) is 97.5 cm³/mol. The minimum absolute atomic E-state index is 0. The molecule has 0 saturated carbocycles. The van der Waals surface area contributed by atoms with Crippen LogP contribution in [0, 0.1) is 0 Å². The van der Waals surface area contributed by atoms with E-state index in [9.17, 15) is 9.59 Å². The Morgan fingerprint density at radius 2 is 1.87 bits per heavy atom. The van der Waals surface area contributed by atoms with Gasteiger partial charge in [0.25, 0.3) is 5.91 Å². The summed E-state index contributed by atoms with van der Waals surface area (Å²) in [7, 11) is 0. The van der Waals surface area contributed by atoms with Gasteiger partial charge in [0.1, 0.15) is 0 Å². The molecule has 0 aliphatic heterocycles. The topological polar surface area (TPSA) is 84.2 Å². The maximum absolute atomic E-state index is 12.0. The van der Waals surface area contributed by atoms with E-state index in [-0.39, 0.29) is 24.2 Å². The van der Waals surface area contributed by atoms with Crippen LogP contribution >= 0.6 is 24.0 Å². The zero-order chi connectivity index (χ0) is 16.4. The van der Waals surface area contributed by atoms with Crippen molar-refractivity contribution in [2.45, 2.75) is 39.0 Å². The Bertz CT molecular complexity index is 510. The summed E-state index contributed by atoms with van der Waals surface area (Å²) in [6.07, 6.45) is 4.25. The molecular weight excluding hydrogens is 337 g/mol. The standard InChI is InChI=1S/C16H24ClN3O2.ClH/c1-2-19-16(22)13-11-12(17)8-9-14(13)20-15(21)7-5-3-4-6-10-18;/h8-9,11H,2-7,10,18H2,1H3,(H,19,22)(H,20,21);1H. The number of amides is 2. The monoisotopic (exact) mass is 361 g/mol. The second kappa shape index (κ2) is 12.2. The molecule has 5 nitrogen and oxygen atoms in total. The van der Waals surface area contributed by atoms with Gasteiger partial charge in [0.2, 0.25) is 5.91 Å². The van der Waals surface area contributed by atoms with Gasteiger partial charge in [-0.3, -0.25) is 9.59 Å². The number of halogens is 2. The molecule has 0 saturated heterocycles. The fourth-order valence-corrected chi connectivity index (χ4v) is 2.24. The molecular formula is C16H25Cl2N3O2. The maximum Gasteiger partial charge on any atom is 0.253 e. The Kier molecular flexibility index (Phi) is 11.5. The van der Waals surface area contributed by atoms with Gasteiger partial charge in [-0.25, -0.2) is 0 Å². The molecule has 0 spiro atoms. The zero-order valence-corrected chi connectivity index (χ0v) is 14.9. The minimum Gasteiger partial charge on any atom is -0.352 e. The van der Waals surface area contributed by atoms with E-state index >= 15 is 0 Å². The molecule has 0 bridgehead atoms. The minimum atomic E-state index is -0.247. The van der Waals surface area contributed by atoms with Crippen molar-refractivity contribution < 1.29 is 9.59 Å². The van der Waals surface area contributed by atoms with Crippen molar-refractivity contribution in [1.82, 2.24) is 5.32 Å². The van der Waals surface area contributed by atoms with Crippen LogP contribution in [0.15, 0.2) is 18.2 Å². The number of rotatable bonds is 9. The predicted octanol–water partition coefficient (Wildman–Crippen LogP) is 3.36. The second-order valence-corrected chi connectivity index (χ2v) is 5.49. The summed E-state index contributed by atoms with van der Waals surface area (Å²) >= 11 is 5.93. The van der Waals surface area contributed by atoms with Crippen LogP contribution in [-0.4, -0.2) is 24.9 Å². The zero-order valence-electron chi connectivity index (χ0n) is 13.4. The maximum atomic E-state index is 12.0. The van der Waals surface area contributed by atoms with Crippen molar-refractivity contribution in [3.63, 3.8) is 0 Å². The molecule has 7 heteroatoms. The molecule has 2 amide bonds. The third-order valence-corrected chi connectivity index (χ3v) is 3.43. The van der Waals surface area contributed by atoms with Crippen LogP contribution in [0.3, 0.4) is 0 Å². The molecule has 0 aromatic heterocycles. The lowest BCUT2D eigenvalue weighted by atomic mass is 10.1. The van der Waals surface area contributed by atoms with Crippen molar-refractivity contribution in [1.29, 1.82) is 0 Å². The summed E-state index contributed by atoms with van der Waals surface area (Å²) in [5.41, 5.74) is 6.30. The van der Waals surface area contributed by atoms with Crippen molar-refractivity contribution in [2.24, 2.45) is 5.73 Å². The van der Waals surface area contributed by atoms with Crippen LogP contribution in [0.25, 0.3) is 0 Å². The Morgan fingerprint density at radius 1 is 1.17 bits per heavy atom. The number of carbonyl (C=O) groups is 2. The van der Waals surface area contributed by atoms with Gasteiger partial charge in [0.15, 0.2) is 0 Å². The Hall–Kier alpha value is -1.30. The molecule has 1 aromatic carbocycles. The van der Waals surface area contributed by atoms with E-state index in [1.165, 1.54) is 0 Å². The molecule has 0 aliphatic rings. The highest BCUT2D eigenvalue weighted by atomic mass is 35.5. The van der Waals surface area contributed by atoms with E-state index in [1.54, 1.807) is 18.2 Å². The summed E-state index contributed by atoms with van der Waals surface area (Å²) < 4.78 is 0. The van der Waals surface area contributed by atoms with Crippen molar-refractivity contribution in [3.05, 3.63) is 28.8 Å². The Labute approximate surface area is 148 Å². The molecule has 1 aromatic rings. The average Bonchev–Trinajstić information content (AvgIpc) is 2.49. The highest BCUT2D eigenvalue weighted by Gasteiger charge is 2.13. The van der Waals surface area contributed by atoms with Crippen LogP contribution in [0.4, 0.5) is 5.69 Å². The Balaban J connectivity index is 0.00000484. The van der Waals surface area contributed by atoms with E-state index < -0.39 is 0 Å². The lowest BCUT2D eigenvalue weighted by molar-refractivity contribution is -0.116. The van der Waals surface area contributed by atoms with Crippen molar-refractivity contribution in [3.8, 4) is 0 Å². The molecule has 4 N–H and O–H groups in total. The molecule has 0 unspecified atom stereocenters. The van der Waals surface area contributed by atoms with Gasteiger partial charge in [-0.15, -0.1) is 12.4 Å². The third kappa shape index (κ3) is 8.21. The smallest absolute Gasteiger partial charge is 0.253 e. The van der Waals surface area contributed by atoms with Gasteiger partial charge in [-0.2, -0.15) is 0 Å². The number of nitrogens with one attached hydrogen (secondary N) is 2. The highest BCUT2D eigenvalue weighted by Crippen LogP contribution is 2.21. The molecule has 0 heterocycles. The number of hydrogen-bond acceptors (Lipinski definition) is 3. The average molecular weight is 362 g/mol. The van der Waals surface area contributed by atoms with Crippen LogP contribution < -0.4 is 16.4 Å². The second-order valence-electron chi connectivity index (χ2n) is 5.05. The lowest BCUT2D eigenvalue weighted by Gasteiger charge is -2.11. The first-order valence-corrected chi connectivity index (χ1v) is 8.04. The quantitative estimate of drug-likeness (QED) is 0.589. The van der Waals surface area contributed by atoms with Crippen LogP contribution in [-0.2, 0) is 4.79 Å². The van der Waals surface area contributed by atoms with Crippen molar-refractivity contribution >= 4 is 41.5 Å². The van der Waals surface area contributed by atoms with E-state index in [0.717, 1.165) is 25.7 Å². The highest BCUT2D eigenvalue weighted by molar-refractivity contribution is 6.31. The first-order chi connectivity index (χ1) is 10.6. The van der Waals surface area contributed by atoms with Crippen LogP contribution in [0.5, 0.6) is 0 Å². The Morgan fingerprint density at radius 3 is 2.52 bits per heavy atom. The van der Waals surface area contributed by atoms with E-state index in [0.29, 0.717) is 35.8 Å². The molecule has 0 radical (unpaired) electrons. The van der Waals surface area contributed by atoms with Gasteiger partial charge in [0, 0.05) is 18.0 Å². The first-order valence-electron chi connectivity index (χ1n) is 7.66. The van der Waals surface area contributed by atoms with Gasteiger partial charge in [-0.05, 0) is 44.5 Å². The fraction of sp³-hybridized carbons (Fsp3) is 0.500. The third-order valence-electron chi connectivity index (χ3n) is 3.20. The molecule has 0 fully saturated rings. The first kappa shape index (κ1) is 21.7. The van der Waals surface area contributed by atoms with Gasteiger partial charge < -0.3 is 16.4 Å². The number of unbranched alkanes of at least 4 members (excludes halogenated alkanes) is 3. The van der Waals surface area contributed by atoms with Gasteiger partial charge >= 0.3 is 0 Å². The lowest BCUT2D eigenvalue weighted by Crippen LogP contribution is -2.24. The summed E-state index contributed by atoms with van der Waals surface area (Å²) in [5.74, 6) is -0.344. The van der Waals surface area contributed by atoms with E-state index in [2.05, 4.69) is 10.6 Å². The van der Waals surface area contributed by atoms with E-state index in [4.69, 9.17) is 17.3 Å². The van der Waals surface area contributed by atoms with Crippen LogP contribution in [0.1, 0.15) is 49.4 Å². The van der Waals surface area contributed by atoms with Crippen molar-refractivity contribution in [2.75, 3.05) is 18.4 Å². The summed E-state index contributed by atoms with van der Waals surface area (Å²) in [6.45, 7) is 3.04. The SMILES string of the molecule is CCNC(=O)c1cc(Cl)ccc1NC(=O)CCCCCCN.Cl. The number of benzene rings is 1. The number of carbonyl (C=O) groups excluding carboxylic acids is 2. The normalized spacial score (nSPS) is 9.87. The number of anilines is 1. The summed E-state index contributed by atoms with van der Waals surface area (Å²) in [6, 6.07) is 4.86. The molecule has 0 aliphatic carbocycles. The summed E-state index contributed by atoms with van der Waals surface area (Å²) in [4.78, 5) is 24.0. The molecule has 1 rings (SSSR count). The molecule has 0 atom stereocenters. The number of hydrogen-bond donors (Lipinski definition) is 3. The van der Waals surface area contributed by atoms with E-state index in [1.807, 2.05) is 6.92 Å². The molecule has 23 heavy (non-hydrogen) atoms.